The first-order chi connectivity index (χ1) is 6.27. The van der Waals surface area contributed by atoms with Gasteiger partial charge < -0.3 is 5.01 Å². The summed E-state index contributed by atoms with van der Waals surface area (Å²) >= 11 is 3.46. The average Bonchev–Trinajstić information content (AvgIpc) is 2.51. The van der Waals surface area contributed by atoms with Gasteiger partial charge in [0.15, 0.2) is 0 Å². The van der Waals surface area contributed by atoms with Gasteiger partial charge in [-0.3, -0.25) is 0 Å². The molecule has 0 amide bonds. The maximum atomic E-state index is 3.46. The molecular formula is C10H11BrN2. The topological polar surface area (TPSA) is 15.3 Å². The molecule has 0 radical (unpaired) electrons. The number of halogens is 1. The van der Waals surface area contributed by atoms with E-state index in [0.717, 1.165) is 11.0 Å². The standard InChI is InChI=1S/C10H11BrN2/c1-13-10(5-6-12-13)8-3-2-4-9(11)7-8/h2-5,7,12H,6H2,1H3. The summed E-state index contributed by atoms with van der Waals surface area (Å²) in [7, 11) is 2.03. The normalized spacial score (nSPS) is 16.2. The molecule has 0 spiro atoms. The molecule has 0 bridgehead atoms. The van der Waals surface area contributed by atoms with Crippen LogP contribution >= 0.6 is 15.9 Å². The summed E-state index contributed by atoms with van der Waals surface area (Å²) in [5.41, 5.74) is 5.69. The molecule has 0 saturated heterocycles. The summed E-state index contributed by atoms with van der Waals surface area (Å²) < 4.78 is 1.12. The summed E-state index contributed by atoms with van der Waals surface area (Å²) in [6.07, 6.45) is 2.18. The van der Waals surface area contributed by atoms with Crippen molar-refractivity contribution in [2.75, 3.05) is 13.6 Å². The van der Waals surface area contributed by atoms with Gasteiger partial charge >= 0.3 is 0 Å². The van der Waals surface area contributed by atoms with Gasteiger partial charge in [0, 0.05) is 18.1 Å². The number of rotatable bonds is 1. The summed E-state index contributed by atoms with van der Waals surface area (Å²) in [6.45, 7) is 0.915. The molecule has 0 unspecified atom stereocenters. The Morgan fingerprint density at radius 1 is 1.46 bits per heavy atom. The van der Waals surface area contributed by atoms with Gasteiger partial charge in [0.1, 0.15) is 0 Å². The van der Waals surface area contributed by atoms with Crippen LogP contribution in [-0.2, 0) is 0 Å². The maximum Gasteiger partial charge on any atom is 0.0562 e. The Kier molecular flexibility index (Phi) is 2.38. The van der Waals surface area contributed by atoms with E-state index >= 15 is 0 Å². The largest absolute Gasteiger partial charge is 0.311 e. The monoisotopic (exact) mass is 238 g/mol. The van der Waals surface area contributed by atoms with Crippen molar-refractivity contribution in [1.82, 2.24) is 10.4 Å². The minimum Gasteiger partial charge on any atom is -0.311 e. The second kappa shape index (κ2) is 3.52. The zero-order chi connectivity index (χ0) is 9.26. The minimum absolute atomic E-state index is 0.915. The molecule has 0 atom stereocenters. The fourth-order valence-corrected chi connectivity index (χ4v) is 1.86. The molecule has 1 aliphatic heterocycles. The maximum absolute atomic E-state index is 3.46. The van der Waals surface area contributed by atoms with E-state index in [-0.39, 0.29) is 0 Å². The van der Waals surface area contributed by atoms with Crippen LogP contribution in [0.1, 0.15) is 5.56 Å². The molecule has 2 rings (SSSR count). The lowest BCUT2D eigenvalue weighted by Gasteiger charge is -2.16. The van der Waals surface area contributed by atoms with E-state index < -0.39 is 0 Å². The predicted molar refractivity (Wildman–Crippen MR) is 57.9 cm³/mol. The van der Waals surface area contributed by atoms with Gasteiger partial charge in [0.05, 0.1) is 5.70 Å². The number of nitrogens with one attached hydrogen (secondary N) is 1. The Hall–Kier alpha value is -0.800. The van der Waals surface area contributed by atoms with Gasteiger partial charge in [0.25, 0.3) is 0 Å². The summed E-state index contributed by atoms with van der Waals surface area (Å²) in [5.74, 6) is 0. The Morgan fingerprint density at radius 3 is 2.92 bits per heavy atom. The van der Waals surface area contributed by atoms with E-state index in [1.54, 1.807) is 0 Å². The first-order valence-electron chi connectivity index (χ1n) is 4.21. The first kappa shape index (κ1) is 8.78. The fraction of sp³-hybridized carbons (Fsp3) is 0.200. The summed E-state index contributed by atoms with van der Waals surface area (Å²) in [5, 5.41) is 2.04. The van der Waals surface area contributed by atoms with Crippen LogP contribution in [-0.4, -0.2) is 18.6 Å². The molecule has 0 saturated carbocycles. The van der Waals surface area contributed by atoms with E-state index in [2.05, 4.69) is 39.6 Å². The second-order valence-corrected chi connectivity index (χ2v) is 3.94. The highest BCUT2D eigenvalue weighted by molar-refractivity contribution is 9.10. The molecule has 1 aromatic carbocycles. The van der Waals surface area contributed by atoms with Crippen molar-refractivity contribution in [1.29, 1.82) is 0 Å². The number of hydrazine groups is 1. The number of nitrogens with zero attached hydrogens (tertiary/aromatic N) is 1. The van der Waals surface area contributed by atoms with Crippen LogP contribution in [0.4, 0.5) is 0 Å². The average molecular weight is 239 g/mol. The first-order valence-corrected chi connectivity index (χ1v) is 5.00. The van der Waals surface area contributed by atoms with Crippen molar-refractivity contribution in [3.8, 4) is 0 Å². The summed E-state index contributed by atoms with van der Waals surface area (Å²) in [4.78, 5) is 0. The molecule has 2 nitrogen and oxygen atoms in total. The molecule has 0 aliphatic carbocycles. The molecule has 1 heterocycles. The van der Waals surface area contributed by atoms with Gasteiger partial charge in [-0.05, 0) is 23.8 Å². The van der Waals surface area contributed by atoms with Gasteiger partial charge in [0.2, 0.25) is 0 Å². The number of benzene rings is 1. The molecule has 3 heteroatoms. The Labute approximate surface area is 86.3 Å². The number of hydrogen-bond acceptors (Lipinski definition) is 2. The van der Waals surface area contributed by atoms with Crippen LogP contribution in [0, 0.1) is 0 Å². The molecule has 0 fully saturated rings. The molecule has 0 aromatic heterocycles. The van der Waals surface area contributed by atoms with Gasteiger partial charge in [-0.1, -0.05) is 28.1 Å². The molecule has 13 heavy (non-hydrogen) atoms. The molecular weight excluding hydrogens is 228 g/mol. The Bertz CT molecular complexity index is 347. The van der Waals surface area contributed by atoms with Crippen molar-refractivity contribution >= 4 is 21.6 Å². The lowest BCUT2D eigenvalue weighted by atomic mass is 10.1. The quantitative estimate of drug-likeness (QED) is 0.808. The predicted octanol–water partition coefficient (Wildman–Crippen LogP) is 2.24. The van der Waals surface area contributed by atoms with Gasteiger partial charge in [-0.25, -0.2) is 5.43 Å². The zero-order valence-corrected chi connectivity index (χ0v) is 9.01. The lowest BCUT2D eigenvalue weighted by molar-refractivity contribution is 0.392. The highest BCUT2D eigenvalue weighted by Crippen LogP contribution is 2.22. The van der Waals surface area contributed by atoms with Crippen LogP contribution in [0.25, 0.3) is 5.70 Å². The zero-order valence-electron chi connectivity index (χ0n) is 7.42. The third-order valence-corrected chi connectivity index (χ3v) is 2.60. The van der Waals surface area contributed by atoms with Crippen LogP contribution in [0.3, 0.4) is 0 Å². The van der Waals surface area contributed by atoms with Gasteiger partial charge in [-0.15, -0.1) is 0 Å². The van der Waals surface area contributed by atoms with Crippen molar-refractivity contribution in [2.45, 2.75) is 0 Å². The lowest BCUT2D eigenvalue weighted by Crippen LogP contribution is -2.26. The van der Waals surface area contributed by atoms with Crippen LogP contribution < -0.4 is 5.43 Å². The third kappa shape index (κ3) is 1.76. The van der Waals surface area contributed by atoms with E-state index in [1.165, 1.54) is 11.3 Å². The van der Waals surface area contributed by atoms with Crippen LogP contribution in [0.5, 0.6) is 0 Å². The van der Waals surface area contributed by atoms with Crippen LogP contribution in [0.15, 0.2) is 34.8 Å². The van der Waals surface area contributed by atoms with Crippen molar-refractivity contribution in [3.63, 3.8) is 0 Å². The Morgan fingerprint density at radius 2 is 2.31 bits per heavy atom. The van der Waals surface area contributed by atoms with Crippen molar-refractivity contribution in [3.05, 3.63) is 40.4 Å². The van der Waals surface area contributed by atoms with E-state index in [1.807, 2.05) is 24.2 Å². The third-order valence-electron chi connectivity index (χ3n) is 2.11. The molecule has 68 valence electrons. The van der Waals surface area contributed by atoms with E-state index in [0.29, 0.717) is 0 Å². The minimum atomic E-state index is 0.915. The van der Waals surface area contributed by atoms with Crippen molar-refractivity contribution in [2.24, 2.45) is 0 Å². The van der Waals surface area contributed by atoms with Gasteiger partial charge in [-0.2, -0.15) is 0 Å². The van der Waals surface area contributed by atoms with E-state index in [4.69, 9.17) is 0 Å². The smallest absolute Gasteiger partial charge is 0.0562 e. The Balaban J connectivity index is 2.35. The summed E-state index contributed by atoms with van der Waals surface area (Å²) in [6, 6.07) is 8.31. The highest BCUT2D eigenvalue weighted by atomic mass is 79.9. The van der Waals surface area contributed by atoms with Crippen LogP contribution in [0.2, 0.25) is 0 Å². The van der Waals surface area contributed by atoms with Crippen molar-refractivity contribution < 1.29 is 0 Å². The van der Waals surface area contributed by atoms with E-state index in [9.17, 15) is 0 Å². The molecule has 1 N–H and O–H groups in total. The highest BCUT2D eigenvalue weighted by Gasteiger charge is 2.11. The molecule has 1 aromatic rings. The molecule has 1 aliphatic rings. The SMILES string of the molecule is CN1NCC=C1c1cccc(Br)c1. The number of hydrogen-bond donors (Lipinski definition) is 1. The second-order valence-electron chi connectivity index (χ2n) is 3.02. The fourth-order valence-electron chi connectivity index (χ4n) is 1.46.